The Hall–Kier alpha value is -1.02. The molecule has 11 heavy (non-hydrogen) atoms. The summed E-state index contributed by atoms with van der Waals surface area (Å²) in [5.41, 5.74) is 1.13. The number of hydrogen-bond acceptors (Lipinski definition) is 2. The Balaban J connectivity index is 1.97. The normalized spacial score (nSPS) is 28.1. The molecule has 0 aliphatic carbocycles. The molecule has 1 fully saturated rings. The van der Waals surface area contributed by atoms with Gasteiger partial charge in [0.2, 0.25) is 0 Å². The number of benzene rings is 1. The lowest BCUT2D eigenvalue weighted by Crippen LogP contribution is -2.04. The topological polar surface area (TPSA) is 24.6 Å². The van der Waals surface area contributed by atoms with Gasteiger partial charge in [-0.15, -0.1) is 0 Å². The zero-order valence-electron chi connectivity index (χ0n) is 6.45. The molecule has 0 bridgehead atoms. The first-order valence-corrected chi connectivity index (χ1v) is 3.83. The Labute approximate surface area is 66.2 Å². The zero-order chi connectivity index (χ0) is 7.68. The van der Waals surface area contributed by atoms with Gasteiger partial charge in [0.25, 0.3) is 0 Å². The molecule has 2 heteroatoms. The fraction of sp³-hybridized carbons (Fsp3) is 0.333. The van der Waals surface area contributed by atoms with Gasteiger partial charge in [-0.25, -0.2) is 0 Å². The maximum atomic E-state index is 5.21. The molecular formula is C9H11NO. The molecule has 1 aromatic rings. The summed E-state index contributed by atoms with van der Waals surface area (Å²) in [6, 6.07) is 10.1. The summed E-state index contributed by atoms with van der Waals surface area (Å²) in [5.74, 6) is 0. The number of anilines is 1. The number of epoxide rings is 1. The van der Waals surface area contributed by atoms with Crippen LogP contribution in [0.4, 0.5) is 5.69 Å². The lowest BCUT2D eigenvalue weighted by molar-refractivity contribution is 0.392. The average molecular weight is 149 g/mol. The summed E-state index contributed by atoms with van der Waals surface area (Å²) >= 11 is 0. The first-order valence-electron chi connectivity index (χ1n) is 3.83. The van der Waals surface area contributed by atoms with Crippen molar-refractivity contribution >= 4 is 5.69 Å². The third-order valence-electron chi connectivity index (χ3n) is 1.79. The molecule has 0 spiro atoms. The molecule has 0 radical (unpaired) electrons. The van der Waals surface area contributed by atoms with E-state index in [1.807, 2.05) is 30.3 Å². The molecule has 2 atom stereocenters. The van der Waals surface area contributed by atoms with Gasteiger partial charge >= 0.3 is 0 Å². The highest BCUT2D eigenvalue weighted by atomic mass is 16.6. The van der Waals surface area contributed by atoms with E-state index >= 15 is 0 Å². The Morgan fingerprint density at radius 2 is 1.91 bits per heavy atom. The van der Waals surface area contributed by atoms with Crippen LogP contribution in [0.15, 0.2) is 30.3 Å². The highest BCUT2D eigenvalue weighted by molar-refractivity contribution is 5.43. The van der Waals surface area contributed by atoms with Crippen molar-refractivity contribution in [2.75, 3.05) is 5.32 Å². The van der Waals surface area contributed by atoms with Gasteiger partial charge in [-0.1, -0.05) is 18.2 Å². The quantitative estimate of drug-likeness (QED) is 0.649. The number of rotatable bonds is 2. The monoisotopic (exact) mass is 149 g/mol. The Bertz CT molecular complexity index is 235. The van der Waals surface area contributed by atoms with E-state index in [-0.39, 0.29) is 6.23 Å². The smallest absolute Gasteiger partial charge is 0.154 e. The van der Waals surface area contributed by atoms with Crippen LogP contribution in [0, 0.1) is 0 Å². The van der Waals surface area contributed by atoms with Gasteiger partial charge in [0, 0.05) is 5.69 Å². The van der Waals surface area contributed by atoms with Crippen LogP contribution in [0.3, 0.4) is 0 Å². The lowest BCUT2D eigenvalue weighted by Gasteiger charge is -1.99. The molecule has 1 saturated heterocycles. The highest BCUT2D eigenvalue weighted by Crippen LogP contribution is 2.22. The van der Waals surface area contributed by atoms with E-state index in [0.717, 1.165) is 5.69 Å². The Morgan fingerprint density at radius 3 is 2.45 bits per heavy atom. The van der Waals surface area contributed by atoms with E-state index < -0.39 is 0 Å². The first-order chi connectivity index (χ1) is 5.36. The molecule has 2 nitrogen and oxygen atoms in total. The van der Waals surface area contributed by atoms with E-state index in [4.69, 9.17) is 4.74 Å². The molecule has 0 saturated carbocycles. The van der Waals surface area contributed by atoms with Crippen molar-refractivity contribution in [3.8, 4) is 0 Å². The number of para-hydroxylation sites is 1. The zero-order valence-corrected chi connectivity index (χ0v) is 6.45. The fourth-order valence-corrected chi connectivity index (χ4v) is 1.04. The molecular weight excluding hydrogens is 138 g/mol. The van der Waals surface area contributed by atoms with Gasteiger partial charge in [0.05, 0.1) is 0 Å². The molecule has 1 aliphatic heterocycles. The minimum Gasteiger partial charge on any atom is -0.358 e. The molecule has 58 valence electrons. The van der Waals surface area contributed by atoms with Crippen molar-refractivity contribution in [3.63, 3.8) is 0 Å². The molecule has 1 N–H and O–H groups in total. The average Bonchev–Trinajstić information content (AvgIpc) is 2.69. The van der Waals surface area contributed by atoms with Crippen LogP contribution in [0.5, 0.6) is 0 Å². The van der Waals surface area contributed by atoms with Crippen molar-refractivity contribution in [2.24, 2.45) is 0 Å². The largest absolute Gasteiger partial charge is 0.358 e. The summed E-state index contributed by atoms with van der Waals surface area (Å²) in [6.45, 7) is 2.06. The van der Waals surface area contributed by atoms with E-state index in [2.05, 4.69) is 12.2 Å². The van der Waals surface area contributed by atoms with Crippen LogP contribution < -0.4 is 5.32 Å². The van der Waals surface area contributed by atoms with Crippen LogP contribution in [0.1, 0.15) is 6.92 Å². The maximum Gasteiger partial charge on any atom is 0.154 e. The second-order valence-corrected chi connectivity index (χ2v) is 2.77. The van der Waals surface area contributed by atoms with Crippen LogP contribution in [-0.4, -0.2) is 12.3 Å². The first kappa shape index (κ1) is 6.68. The van der Waals surface area contributed by atoms with Crippen LogP contribution >= 0.6 is 0 Å². The van der Waals surface area contributed by atoms with Gasteiger partial charge in [-0.3, -0.25) is 0 Å². The van der Waals surface area contributed by atoms with Gasteiger partial charge in [0.15, 0.2) is 6.23 Å². The fourth-order valence-electron chi connectivity index (χ4n) is 1.04. The summed E-state index contributed by atoms with van der Waals surface area (Å²) in [4.78, 5) is 0. The standard InChI is InChI=1S/C9H11NO/c1-7-9(11-7)10-8-5-3-2-4-6-8/h2-7,9-10H,1H3. The number of hydrogen-bond donors (Lipinski definition) is 1. The second-order valence-electron chi connectivity index (χ2n) is 2.77. The van der Waals surface area contributed by atoms with Gasteiger partial charge < -0.3 is 10.1 Å². The molecule has 1 heterocycles. The molecule has 0 aromatic heterocycles. The SMILES string of the molecule is CC1OC1Nc1ccccc1. The molecule has 1 aromatic carbocycles. The van der Waals surface area contributed by atoms with Crippen LogP contribution in [0.2, 0.25) is 0 Å². The summed E-state index contributed by atoms with van der Waals surface area (Å²) in [5, 5.41) is 3.24. The van der Waals surface area contributed by atoms with Crippen LogP contribution in [0.25, 0.3) is 0 Å². The van der Waals surface area contributed by atoms with Crippen molar-refractivity contribution in [1.82, 2.24) is 0 Å². The minimum absolute atomic E-state index is 0.234. The maximum absolute atomic E-state index is 5.21. The third-order valence-corrected chi connectivity index (χ3v) is 1.79. The van der Waals surface area contributed by atoms with E-state index in [1.54, 1.807) is 0 Å². The van der Waals surface area contributed by atoms with E-state index in [0.29, 0.717) is 6.10 Å². The van der Waals surface area contributed by atoms with Gasteiger partial charge in [-0.05, 0) is 19.1 Å². The van der Waals surface area contributed by atoms with Crippen molar-refractivity contribution in [3.05, 3.63) is 30.3 Å². The third kappa shape index (κ3) is 1.52. The van der Waals surface area contributed by atoms with E-state index in [1.165, 1.54) is 0 Å². The van der Waals surface area contributed by atoms with E-state index in [9.17, 15) is 0 Å². The van der Waals surface area contributed by atoms with Crippen LogP contribution in [-0.2, 0) is 4.74 Å². The highest BCUT2D eigenvalue weighted by Gasteiger charge is 2.33. The lowest BCUT2D eigenvalue weighted by atomic mass is 10.3. The number of ether oxygens (including phenoxy) is 1. The Kier molecular flexibility index (Phi) is 1.55. The van der Waals surface area contributed by atoms with Crippen molar-refractivity contribution in [1.29, 1.82) is 0 Å². The predicted molar refractivity (Wildman–Crippen MR) is 44.4 cm³/mol. The Morgan fingerprint density at radius 1 is 1.27 bits per heavy atom. The predicted octanol–water partition coefficient (Wildman–Crippen LogP) is 1.84. The minimum atomic E-state index is 0.234. The van der Waals surface area contributed by atoms with Crippen molar-refractivity contribution in [2.45, 2.75) is 19.3 Å². The molecule has 1 aliphatic rings. The molecule has 2 rings (SSSR count). The summed E-state index contributed by atoms with van der Waals surface area (Å²) in [7, 11) is 0. The number of nitrogens with one attached hydrogen (secondary N) is 1. The molecule has 2 unspecified atom stereocenters. The summed E-state index contributed by atoms with van der Waals surface area (Å²) in [6.07, 6.45) is 0.604. The van der Waals surface area contributed by atoms with Crippen molar-refractivity contribution < 1.29 is 4.74 Å². The second kappa shape index (κ2) is 2.55. The molecule has 0 amide bonds. The van der Waals surface area contributed by atoms with Gasteiger partial charge in [0.1, 0.15) is 6.10 Å². The summed E-state index contributed by atoms with van der Waals surface area (Å²) < 4.78 is 5.21. The van der Waals surface area contributed by atoms with Gasteiger partial charge in [-0.2, -0.15) is 0 Å².